The molecular formula is C30H50F3N3O4S. The molecule has 11 atom stereocenters. The molecule has 0 saturated heterocycles. The monoisotopic (exact) mass is 605 g/mol. The van der Waals surface area contributed by atoms with Crippen molar-refractivity contribution in [2.75, 3.05) is 13.6 Å². The van der Waals surface area contributed by atoms with Crippen LogP contribution in [0.3, 0.4) is 0 Å². The van der Waals surface area contributed by atoms with Crippen LogP contribution >= 0.6 is 12.1 Å². The Kier molecular flexibility index (Phi) is 9.62. The van der Waals surface area contributed by atoms with Crippen molar-refractivity contribution in [1.29, 1.82) is 0 Å². The van der Waals surface area contributed by atoms with Gasteiger partial charge in [0.25, 0.3) is 0 Å². The Hall–Kier alpha value is -1.20. The van der Waals surface area contributed by atoms with E-state index in [1.807, 2.05) is 0 Å². The summed E-state index contributed by atoms with van der Waals surface area (Å²) in [6.45, 7) is 12.1. The summed E-state index contributed by atoms with van der Waals surface area (Å²) in [5.41, 5.74) is 0.0309. The second-order valence-electron chi connectivity index (χ2n) is 14.0. The smallest absolute Gasteiger partial charge is 0.456 e. The number of hydrogen-bond acceptors (Lipinski definition) is 6. The third kappa shape index (κ3) is 5.73. The van der Waals surface area contributed by atoms with Crippen molar-refractivity contribution >= 4 is 24.1 Å². The molecule has 0 aromatic rings. The molecule has 7 nitrogen and oxygen atoms in total. The number of carbonyl (C=O) groups is 2. The highest BCUT2D eigenvalue weighted by Crippen LogP contribution is 2.72. The Morgan fingerprint density at radius 3 is 2.39 bits per heavy atom. The van der Waals surface area contributed by atoms with Crippen LogP contribution in [0.5, 0.6) is 0 Å². The van der Waals surface area contributed by atoms with Gasteiger partial charge in [-0.25, -0.2) is 14.3 Å². The topological polar surface area (TPSA) is 99.7 Å². The van der Waals surface area contributed by atoms with Gasteiger partial charge in [-0.05, 0) is 110 Å². The molecule has 4 aliphatic carbocycles. The summed E-state index contributed by atoms with van der Waals surface area (Å²) < 4.78 is 49.2. The average molecular weight is 606 g/mol. The number of nitrogens with one attached hydrogen (secondary N) is 3. The van der Waals surface area contributed by atoms with E-state index in [1.54, 1.807) is 7.05 Å². The van der Waals surface area contributed by atoms with Crippen molar-refractivity contribution in [2.45, 2.75) is 111 Å². The minimum Gasteiger partial charge on any atom is -0.456 e. The maximum absolute atomic E-state index is 12.9. The van der Waals surface area contributed by atoms with Crippen LogP contribution < -0.4 is 14.8 Å². The van der Waals surface area contributed by atoms with Gasteiger partial charge < -0.3 is 15.2 Å². The standard InChI is InChI=1S/C30H50F3N3O4S/c1-7-19-22-16-18(40-25(38)30(31,32)33)8-12-27(22,3)20-9-14-29(5)21(23(20)24(19)37)10-13-28(29,4)17(2)11-15-35-26(39)36-41-34-6/h17-24,34,37H,7-16H2,1-6H3,(H2,35,36,39)/t17-,18-,19-,20?,21+,22+,23-,24-,27-,28?,29+/m1/s1. The molecule has 0 radical (unpaired) electrons. The first-order chi connectivity index (χ1) is 19.1. The van der Waals surface area contributed by atoms with Crippen molar-refractivity contribution in [2.24, 2.45) is 51.8 Å². The Balaban J connectivity index is 1.50. The molecule has 236 valence electrons. The maximum atomic E-state index is 12.9. The minimum atomic E-state index is -4.99. The van der Waals surface area contributed by atoms with Crippen molar-refractivity contribution < 1.29 is 32.6 Å². The van der Waals surface area contributed by atoms with Gasteiger partial charge in [0.2, 0.25) is 0 Å². The van der Waals surface area contributed by atoms with Gasteiger partial charge in [-0.1, -0.05) is 41.0 Å². The van der Waals surface area contributed by atoms with E-state index < -0.39 is 24.4 Å². The summed E-state index contributed by atoms with van der Waals surface area (Å²) in [5.74, 6) is -0.887. The zero-order valence-electron chi connectivity index (χ0n) is 25.4. The first-order valence-electron chi connectivity index (χ1n) is 15.5. The number of esters is 1. The zero-order valence-corrected chi connectivity index (χ0v) is 26.2. The lowest BCUT2D eigenvalue weighted by molar-refractivity contribution is -0.225. The van der Waals surface area contributed by atoms with E-state index in [1.165, 1.54) is 0 Å². The summed E-state index contributed by atoms with van der Waals surface area (Å²) in [7, 11) is 1.74. The molecule has 11 heteroatoms. The fourth-order valence-electron chi connectivity index (χ4n) is 10.2. The van der Waals surface area contributed by atoms with E-state index in [0.717, 1.165) is 50.7 Å². The maximum Gasteiger partial charge on any atom is 0.490 e. The van der Waals surface area contributed by atoms with Crippen LogP contribution in [-0.2, 0) is 9.53 Å². The zero-order chi connectivity index (χ0) is 30.4. The predicted molar refractivity (Wildman–Crippen MR) is 153 cm³/mol. The number of carbonyl (C=O) groups excluding carboxylic acids is 2. The lowest BCUT2D eigenvalue weighted by atomic mass is 9.40. The van der Waals surface area contributed by atoms with Crippen LogP contribution in [0.1, 0.15) is 92.4 Å². The number of alkyl halides is 3. The molecule has 4 fully saturated rings. The van der Waals surface area contributed by atoms with Gasteiger partial charge in [0.05, 0.1) is 6.10 Å². The summed E-state index contributed by atoms with van der Waals surface area (Å²) >= 11 is 1.13. The van der Waals surface area contributed by atoms with E-state index >= 15 is 0 Å². The van der Waals surface area contributed by atoms with Gasteiger partial charge in [-0.15, -0.1) is 0 Å². The van der Waals surface area contributed by atoms with Crippen molar-refractivity contribution in [3.05, 3.63) is 0 Å². The van der Waals surface area contributed by atoms with Crippen LogP contribution in [0.15, 0.2) is 0 Å². The van der Waals surface area contributed by atoms with Gasteiger partial charge in [-0.3, -0.25) is 4.72 Å². The van der Waals surface area contributed by atoms with E-state index in [4.69, 9.17) is 4.74 Å². The Morgan fingerprint density at radius 2 is 1.76 bits per heavy atom. The van der Waals surface area contributed by atoms with E-state index in [9.17, 15) is 27.9 Å². The van der Waals surface area contributed by atoms with Gasteiger partial charge in [0.1, 0.15) is 6.10 Å². The molecule has 0 spiro atoms. The number of amides is 2. The van der Waals surface area contributed by atoms with Gasteiger partial charge >= 0.3 is 18.2 Å². The second kappa shape index (κ2) is 12.1. The van der Waals surface area contributed by atoms with E-state index in [2.05, 4.69) is 49.4 Å². The Morgan fingerprint density at radius 1 is 1.07 bits per heavy atom. The lowest BCUT2D eigenvalue weighted by Gasteiger charge is -2.65. The Bertz CT molecular complexity index is 972. The molecule has 2 unspecified atom stereocenters. The summed E-state index contributed by atoms with van der Waals surface area (Å²) in [6.07, 6.45) is 1.12. The van der Waals surface area contributed by atoms with Crippen LogP contribution in [-0.4, -0.2) is 49.1 Å². The molecule has 2 amide bonds. The normalized spacial score (nSPS) is 42.8. The second-order valence-corrected chi connectivity index (χ2v) is 14.8. The third-order valence-electron chi connectivity index (χ3n) is 12.7. The molecular weight excluding hydrogens is 555 g/mol. The lowest BCUT2D eigenvalue weighted by Crippen LogP contribution is -2.63. The molecule has 4 N–H and O–H groups in total. The summed E-state index contributed by atoms with van der Waals surface area (Å²) in [6, 6.07) is -0.209. The number of fused-ring (bicyclic) bond motifs is 5. The average Bonchev–Trinajstić information content (AvgIpc) is 3.19. The molecule has 4 saturated carbocycles. The van der Waals surface area contributed by atoms with E-state index in [0.29, 0.717) is 43.6 Å². The van der Waals surface area contributed by atoms with Crippen LogP contribution in [0.25, 0.3) is 0 Å². The van der Waals surface area contributed by atoms with Crippen molar-refractivity contribution in [3.63, 3.8) is 0 Å². The number of ether oxygens (including phenoxy) is 1. The molecule has 4 aliphatic rings. The van der Waals surface area contributed by atoms with Crippen LogP contribution in [0.4, 0.5) is 18.0 Å². The quantitative estimate of drug-likeness (QED) is 0.194. The number of aliphatic hydroxyl groups is 1. The Labute approximate surface area is 247 Å². The third-order valence-corrected chi connectivity index (χ3v) is 13.2. The molecule has 0 aliphatic heterocycles. The highest BCUT2D eigenvalue weighted by molar-refractivity contribution is 7.96. The van der Waals surface area contributed by atoms with Gasteiger partial charge in [-0.2, -0.15) is 13.2 Å². The predicted octanol–water partition coefficient (Wildman–Crippen LogP) is 6.22. The molecule has 0 aromatic heterocycles. The fraction of sp³-hybridized carbons (Fsp3) is 0.933. The van der Waals surface area contributed by atoms with Crippen molar-refractivity contribution in [1.82, 2.24) is 14.8 Å². The SMILES string of the molecule is CC[C@H]1[C@@H](O)[C@@H]2C(CC[C@@]3(C)[C@H]2CCC3(C)[C@H](C)CCNC(=O)NSNC)[C@@]2(C)CC[C@@H](OC(=O)C(F)(F)F)C[C@@H]12. The number of halogens is 3. The van der Waals surface area contributed by atoms with Crippen LogP contribution in [0, 0.1) is 51.8 Å². The largest absolute Gasteiger partial charge is 0.490 e. The number of hydrogen-bond donors (Lipinski definition) is 4. The molecule has 41 heavy (non-hydrogen) atoms. The number of urea groups is 1. The minimum absolute atomic E-state index is 0.0258. The highest BCUT2D eigenvalue weighted by atomic mass is 32.2. The highest BCUT2D eigenvalue weighted by Gasteiger charge is 2.67. The molecule has 0 aromatic carbocycles. The summed E-state index contributed by atoms with van der Waals surface area (Å²) in [5, 5.41) is 15.0. The number of rotatable bonds is 8. The fourth-order valence-corrected chi connectivity index (χ4v) is 10.5. The van der Waals surface area contributed by atoms with Crippen molar-refractivity contribution in [3.8, 4) is 0 Å². The molecule has 0 heterocycles. The summed E-state index contributed by atoms with van der Waals surface area (Å²) in [4.78, 5) is 23.6. The molecule has 4 rings (SSSR count). The van der Waals surface area contributed by atoms with Gasteiger partial charge in [0.15, 0.2) is 0 Å². The molecule has 0 bridgehead atoms. The number of aliphatic hydroxyl groups excluding tert-OH is 1. The van der Waals surface area contributed by atoms with Crippen LogP contribution in [0.2, 0.25) is 0 Å². The van der Waals surface area contributed by atoms with E-state index in [-0.39, 0.29) is 40.0 Å². The first-order valence-corrected chi connectivity index (χ1v) is 16.3. The van der Waals surface area contributed by atoms with Gasteiger partial charge in [0, 0.05) is 18.7 Å². The first kappa shape index (κ1) is 32.7.